The Kier molecular flexibility index (Phi) is 3.53. The summed E-state index contributed by atoms with van der Waals surface area (Å²) < 4.78 is 2.35. The highest BCUT2D eigenvalue weighted by atomic mass is 35.5. The van der Waals surface area contributed by atoms with Crippen molar-refractivity contribution in [2.75, 3.05) is 0 Å². The van der Waals surface area contributed by atoms with Gasteiger partial charge in [0.15, 0.2) is 0 Å². The number of aryl methyl sites for hydroxylation is 1. The van der Waals surface area contributed by atoms with Gasteiger partial charge in [-0.2, -0.15) is 0 Å². The number of imidazole rings is 1. The Morgan fingerprint density at radius 1 is 1.37 bits per heavy atom. The van der Waals surface area contributed by atoms with E-state index in [4.69, 9.17) is 16.6 Å². The third-order valence-electron chi connectivity index (χ3n) is 4.20. The van der Waals surface area contributed by atoms with E-state index in [1.54, 1.807) is 0 Å². The maximum absolute atomic E-state index is 6.32. The molecular formula is C16H21ClN2. The van der Waals surface area contributed by atoms with Gasteiger partial charge in [0.1, 0.15) is 5.82 Å². The first kappa shape index (κ1) is 13.0. The fourth-order valence-electron chi connectivity index (χ4n) is 3.21. The van der Waals surface area contributed by atoms with Crippen molar-refractivity contribution in [1.82, 2.24) is 9.55 Å². The minimum atomic E-state index is -0.0332. The van der Waals surface area contributed by atoms with Gasteiger partial charge in [0.25, 0.3) is 0 Å². The molecule has 0 saturated heterocycles. The normalized spacial score (nSPS) is 18.3. The third kappa shape index (κ3) is 2.51. The van der Waals surface area contributed by atoms with Crippen LogP contribution in [0, 0.1) is 12.8 Å². The van der Waals surface area contributed by atoms with Gasteiger partial charge in [0.2, 0.25) is 0 Å². The Morgan fingerprint density at radius 3 is 2.79 bits per heavy atom. The summed E-state index contributed by atoms with van der Waals surface area (Å²) in [5, 5.41) is -0.0332. The average molecular weight is 277 g/mol. The van der Waals surface area contributed by atoms with E-state index in [9.17, 15) is 0 Å². The number of aromatic nitrogens is 2. The fourth-order valence-corrected chi connectivity index (χ4v) is 3.37. The Bertz CT molecular complexity index is 580. The lowest BCUT2D eigenvalue weighted by Gasteiger charge is -2.15. The van der Waals surface area contributed by atoms with E-state index >= 15 is 0 Å². The van der Waals surface area contributed by atoms with E-state index in [1.807, 2.05) is 6.92 Å². The van der Waals surface area contributed by atoms with E-state index in [-0.39, 0.29) is 5.38 Å². The van der Waals surface area contributed by atoms with Crippen molar-refractivity contribution in [3.8, 4) is 0 Å². The van der Waals surface area contributed by atoms with Crippen molar-refractivity contribution in [3.63, 3.8) is 0 Å². The summed E-state index contributed by atoms with van der Waals surface area (Å²) in [6, 6.07) is 6.51. The molecule has 19 heavy (non-hydrogen) atoms. The largest absolute Gasteiger partial charge is 0.326 e. The topological polar surface area (TPSA) is 17.8 Å². The van der Waals surface area contributed by atoms with Crippen molar-refractivity contribution in [2.45, 2.75) is 51.5 Å². The SMILES string of the molecule is Cc1ccc2c(c1)nc(C(C)Cl)n2CC1CCCC1. The van der Waals surface area contributed by atoms with Crippen molar-refractivity contribution < 1.29 is 0 Å². The maximum atomic E-state index is 6.32. The van der Waals surface area contributed by atoms with Crippen molar-refractivity contribution in [2.24, 2.45) is 5.92 Å². The highest BCUT2D eigenvalue weighted by Crippen LogP contribution is 2.31. The number of hydrogen-bond donors (Lipinski definition) is 0. The molecule has 0 bridgehead atoms. The summed E-state index contributed by atoms with van der Waals surface area (Å²) >= 11 is 6.32. The molecule has 1 fully saturated rings. The highest BCUT2D eigenvalue weighted by Gasteiger charge is 2.20. The van der Waals surface area contributed by atoms with Gasteiger partial charge in [0, 0.05) is 6.54 Å². The molecule has 0 radical (unpaired) electrons. The second-order valence-corrected chi connectivity index (χ2v) is 6.49. The number of alkyl halides is 1. The van der Waals surface area contributed by atoms with Gasteiger partial charge in [-0.25, -0.2) is 4.98 Å². The molecular weight excluding hydrogens is 256 g/mol. The predicted molar refractivity (Wildman–Crippen MR) is 80.7 cm³/mol. The van der Waals surface area contributed by atoms with Gasteiger partial charge in [-0.15, -0.1) is 11.6 Å². The molecule has 102 valence electrons. The lowest BCUT2D eigenvalue weighted by molar-refractivity contribution is 0.454. The molecule has 1 aromatic carbocycles. The molecule has 3 heteroatoms. The van der Waals surface area contributed by atoms with Gasteiger partial charge in [0.05, 0.1) is 16.4 Å². The van der Waals surface area contributed by atoms with Crippen LogP contribution in [-0.4, -0.2) is 9.55 Å². The van der Waals surface area contributed by atoms with E-state index in [0.717, 1.165) is 23.8 Å². The van der Waals surface area contributed by atoms with Crippen LogP contribution < -0.4 is 0 Å². The van der Waals surface area contributed by atoms with E-state index < -0.39 is 0 Å². The molecule has 1 aliphatic rings. The number of halogens is 1. The lowest BCUT2D eigenvalue weighted by atomic mass is 10.1. The second kappa shape index (κ2) is 5.16. The Hall–Kier alpha value is -1.02. The first-order valence-electron chi connectivity index (χ1n) is 7.26. The monoisotopic (exact) mass is 276 g/mol. The molecule has 3 rings (SSSR count). The molecule has 0 N–H and O–H groups in total. The Balaban J connectivity index is 2.05. The van der Waals surface area contributed by atoms with Gasteiger partial charge in [-0.1, -0.05) is 18.9 Å². The Labute approximate surface area is 119 Å². The molecule has 1 unspecified atom stereocenters. The molecule has 0 aliphatic heterocycles. The second-order valence-electron chi connectivity index (χ2n) is 5.84. The zero-order chi connectivity index (χ0) is 13.4. The minimum absolute atomic E-state index is 0.0332. The van der Waals surface area contributed by atoms with Crippen molar-refractivity contribution >= 4 is 22.6 Å². The van der Waals surface area contributed by atoms with E-state index in [0.29, 0.717) is 0 Å². The number of benzene rings is 1. The smallest absolute Gasteiger partial charge is 0.127 e. The van der Waals surface area contributed by atoms with E-state index in [1.165, 1.54) is 36.8 Å². The molecule has 1 aromatic heterocycles. The summed E-state index contributed by atoms with van der Waals surface area (Å²) in [6.07, 6.45) is 5.45. The van der Waals surface area contributed by atoms with Crippen LogP contribution in [0.3, 0.4) is 0 Å². The summed E-state index contributed by atoms with van der Waals surface area (Å²) in [4.78, 5) is 4.75. The standard InChI is InChI=1S/C16H21ClN2/c1-11-7-8-15-14(9-11)18-16(12(2)17)19(15)10-13-5-3-4-6-13/h7-9,12-13H,3-6,10H2,1-2H3. The van der Waals surface area contributed by atoms with E-state index in [2.05, 4.69) is 29.7 Å². The number of hydrogen-bond acceptors (Lipinski definition) is 1. The maximum Gasteiger partial charge on any atom is 0.127 e. The molecule has 0 amide bonds. The zero-order valence-corrected chi connectivity index (χ0v) is 12.5. The highest BCUT2D eigenvalue weighted by molar-refractivity contribution is 6.20. The Morgan fingerprint density at radius 2 is 2.11 bits per heavy atom. The molecule has 2 aromatic rings. The summed E-state index contributed by atoms with van der Waals surface area (Å²) in [5.41, 5.74) is 3.58. The molecule has 1 heterocycles. The molecule has 0 spiro atoms. The zero-order valence-electron chi connectivity index (χ0n) is 11.7. The van der Waals surface area contributed by atoms with Crippen LogP contribution in [0.15, 0.2) is 18.2 Å². The predicted octanol–water partition coefficient (Wildman–Crippen LogP) is 4.83. The average Bonchev–Trinajstić information content (AvgIpc) is 2.97. The number of nitrogens with zero attached hydrogens (tertiary/aromatic N) is 2. The van der Waals surface area contributed by atoms with Crippen LogP contribution in [0.5, 0.6) is 0 Å². The quantitative estimate of drug-likeness (QED) is 0.734. The van der Waals surface area contributed by atoms with Gasteiger partial charge in [-0.3, -0.25) is 0 Å². The molecule has 2 nitrogen and oxygen atoms in total. The third-order valence-corrected chi connectivity index (χ3v) is 4.40. The number of rotatable bonds is 3. The van der Waals surface area contributed by atoms with Crippen LogP contribution in [0.4, 0.5) is 0 Å². The summed E-state index contributed by atoms with van der Waals surface area (Å²) in [6.45, 7) is 5.20. The fraction of sp³-hybridized carbons (Fsp3) is 0.562. The summed E-state index contributed by atoms with van der Waals surface area (Å²) in [7, 11) is 0. The molecule has 1 aliphatic carbocycles. The van der Waals surface area contributed by atoms with Crippen molar-refractivity contribution in [1.29, 1.82) is 0 Å². The van der Waals surface area contributed by atoms with Gasteiger partial charge in [-0.05, 0) is 50.3 Å². The first-order chi connectivity index (χ1) is 9.15. The van der Waals surface area contributed by atoms with Crippen LogP contribution in [0.1, 0.15) is 49.4 Å². The number of fused-ring (bicyclic) bond motifs is 1. The van der Waals surface area contributed by atoms with Gasteiger partial charge >= 0.3 is 0 Å². The van der Waals surface area contributed by atoms with Crippen molar-refractivity contribution in [3.05, 3.63) is 29.6 Å². The molecule has 1 saturated carbocycles. The van der Waals surface area contributed by atoms with Gasteiger partial charge < -0.3 is 4.57 Å². The minimum Gasteiger partial charge on any atom is -0.326 e. The van der Waals surface area contributed by atoms with Crippen LogP contribution in [-0.2, 0) is 6.54 Å². The van der Waals surface area contributed by atoms with Crippen LogP contribution >= 0.6 is 11.6 Å². The van der Waals surface area contributed by atoms with Crippen LogP contribution in [0.2, 0.25) is 0 Å². The molecule has 1 atom stereocenters. The summed E-state index contributed by atoms with van der Waals surface area (Å²) in [5.74, 6) is 1.82. The lowest BCUT2D eigenvalue weighted by Crippen LogP contribution is -2.11. The van der Waals surface area contributed by atoms with Crippen LogP contribution in [0.25, 0.3) is 11.0 Å². The first-order valence-corrected chi connectivity index (χ1v) is 7.69.